The molecule has 2 heterocycles. The topological polar surface area (TPSA) is 40.6 Å². The fraction of sp³-hybridized carbons (Fsp3) is 0.538. The highest BCUT2D eigenvalue weighted by Gasteiger charge is 2.24. The van der Waals surface area contributed by atoms with Gasteiger partial charge in [0.2, 0.25) is 5.91 Å². The van der Waals surface area contributed by atoms with Crippen molar-refractivity contribution in [2.75, 3.05) is 26.2 Å². The third-order valence-corrected chi connectivity index (χ3v) is 3.97. The summed E-state index contributed by atoms with van der Waals surface area (Å²) in [6.45, 7) is 4.62. The molecule has 1 saturated heterocycles. The van der Waals surface area contributed by atoms with Crippen LogP contribution < -0.4 is 0 Å². The molecule has 5 heteroatoms. The van der Waals surface area contributed by atoms with E-state index in [-0.39, 0.29) is 11.8 Å². The van der Waals surface area contributed by atoms with Crippen LogP contribution in [0.1, 0.15) is 29.4 Å². The SMILES string of the molecule is CCCC(=O)N1CCN(C(=O)c2cccs2)CC1. The highest BCUT2D eigenvalue weighted by Crippen LogP contribution is 2.14. The van der Waals surface area contributed by atoms with Crippen LogP contribution in [0.4, 0.5) is 0 Å². The fourth-order valence-corrected chi connectivity index (χ4v) is 2.78. The summed E-state index contributed by atoms with van der Waals surface area (Å²) in [6, 6.07) is 3.74. The first-order valence-corrected chi connectivity index (χ1v) is 7.21. The molecule has 0 saturated carbocycles. The van der Waals surface area contributed by atoms with Crippen molar-refractivity contribution < 1.29 is 9.59 Å². The minimum absolute atomic E-state index is 0.0904. The molecule has 1 aliphatic heterocycles. The van der Waals surface area contributed by atoms with Gasteiger partial charge in [-0.25, -0.2) is 0 Å². The molecule has 0 spiro atoms. The smallest absolute Gasteiger partial charge is 0.264 e. The standard InChI is InChI=1S/C13H18N2O2S/c1-2-4-12(16)14-6-8-15(9-7-14)13(17)11-5-3-10-18-11/h3,5,10H,2,4,6-9H2,1H3. The molecule has 1 aromatic heterocycles. The summed E-state index contributed by atoms with van der Waals surface area (Å²) in [5.41, 5.74) is 0. The van der Waals surface area contributed by atoms with E-state index in [1.54, 1.807) is 0 Å². The summed E-state index contributed by atoms with van der Waals surface area (Å²) in [5, 5.41) is 1.91. The van der Waals surface area contributed by atoms with Gasteiger partial charge >= 0.3 is 0 Å². The van der Waals surface area contributed by atoms with Crippen molar-refractivity contribution in [2.45, 2.75) is 19.8 Å². The number of hydrogen-bond acceptors (Lipinski definition) is 3. The molecule has 0 aliphatic carbocycles. The lowest BCUT2D eigenvalue weighted by Gasteiger charge is -2.34. The quantitative estimate of drug-likeness (QED) is 0.837. The van der Waals surface area contributed by atoms with E-state index in [0.717, 1.165) is 11.3 Å². The predicted octanol–water partition coefficient (Wildman–Crippen LogP) is 1.83. The third kappa shape index (κ3) is 2.90. The Balaban J connectivity index is 1.87. The van der Waals surface area contributed by atoms with Crippen molar-refractivity contribution in [3.8, 4) is 0 Å². The number of hydrogen-bond donors (Lipinski definition) is 0. The normalized spacial score (nSPS) is 15.8. The highest BCUT2D eigenvalue weighted by molar-refractivity contribution is 7.12. The van der Waals surface area contributed by atoms with E-state index in [1.807, 2.05) is 34.2 Å². The molecule has 0 bridgehead atoms. The second-order valence-electron chi connectivity index (χ2n) is 4.40. The van der Waals surface area contributed by atoms with Gasteiger partial charge in [0.15, 0.2) is 0 Å². The van der Waals surface area contributed by atoms with Gasteiger partial charge in [-0.15, -0.1) is 11.3 Å². The van der Waals surface area contributed by atoms with Crippen LogP contribution in [0.3, 0.4) is 0 Å². The number of carbonyl (C=O) groups is 2. The molecule has 0 aromatic carbocycles. The zero-order valence-corrected chi connectivity index (χ0v) is 11.4. The number of rotatable bonds is 3. The average Bonchev–Trinajstić information content (AvgIpc) is 2.92. The number of thiophene rings is 1. The van der Waals surface area contributed by atoms with Crippen LogP contribution in [0.2, 0.25) is 0 Å². The Morgan fingerprint density at radius 3 is 2.44 bits per heavy atom. The number of piperazine rings is 1. The molecule has 1 aliphatic rings. The first kappa shape index (κ1) is 13.1. The van der Waals surface area contributed by atoms with Crippen LogP contribution in [0.5, 0.6) is 0 Å². The van der Waals surface area contributed by atoms with Crippen molar-refractivity contribution in [3.05, 3.63) is 22.4 Å². The lowest BCUT2D eigenvalue weighted by molar-refractivity contribution is -0.132. The van der Waals surface area contributed by atoms with Crippen molar-refractivity contribution >= 4 is 23.2 Å². The lowest BCUT2D eigenvalue weighted by atomic mass is 10.2. The van der Waals surface area contributed by atoms with Gasteiger partial charge in [0.05, 0.1) is 4.88 Å². The van der Waals surface area contributed by atoms with E-state index in [4.69, 9.17) is 0 Å². The van der Waals surface area contributed by atoms with Crippen LogP contribution >= 0.6 is 11.3 Å². The van der Waals surface area contributed by atoms with Crippen LogP contribution in [0, 0.1) is 0 Å². The molecule has 2 rings (SSSR count). The Kier molecular flexibility index (Phi) is 4.36. The molecular formula is C13H18N2O2S. The van der Waals surface area contributed by atoms with E-state index >= 15 is 0 Å². The molecule has 0 atom stereocenters. The van der Waals surface area contributed by atoms with Gasteiger partial charge < -0.3 is 9.80 Å². The lowest BCUT2D eigenvalue weighted by Crippen LogP contribution is -2.50. The Morgan fingerprint density at radius 2 is 1.89 bits per heavy atom. The van der Waals surface area contributed by atoms with Crippen molar-refractivity contribution in [1.82, 2.24) is 9.80 Å². The molecule has 4 nitrogen and oxygen atoms in total. The molecule has 0 unspecified atom stereocenters. The van der Waals surface area contributed by atoms with Crippen LogP contribution in [0.25, 0.3) is 0 Å². The first-order chi connectivity index (χ1) is 8.72. The maximum Gasteiger partial charge on any atom is 0.264 e. The van der Waals surface area contributed by atoms with E-state index in [0.29, 0.717) is 32.6 Å². The van der Waals surface area contributed by atoms with Gasteiger partial charge in [0.25, 0.3) is 5.91 Å². The highest BCUT2D eigenvalue weighted by atomic mass is 32.1. The monoisotopic (exact) mass is 266 g/mol. The summed E-state index contributed by atoms with van der Waals surface area (Å²) in [4.78, 5) is 28.3. The van der Waals surface area contributed by atoms with Gasteiger partial charge in [0, 0.05) is 32.6 Å². The summed E-state index contributed by atoms with van der Waals surface area (Å²) in [6.07, 6.45) is 1.49. The molecule has 2 amide bonds. The summed E-state index contributed by atoms with van der Waals surface area (Å²) in [7, 11) is 0. The molecule has 0 radical (unpaired) electrons. The van der Waals surface area contributed by atoms with Crippen LogP contribution in [-0.2, 0) is 4.79 Å². The zero-order chi connectivity index (χ0) is 13.0. The Bertz CT molecular complexity index is 409. The Morgan fingerprint density at radius 1 is 1.22 bits per heavy atom. The summed E-state index contributed by atoms with van der Waals surface area (Å²) in [5.74, 6) is 0.299. The van der Waals surface area contributed by atoms with Crippen LogP contribution in [-0.4, -0.2) is 47.8 Å². The van der Waals surface area contributed by atoms with E-state index in [9.17, 15) is 9.59 Å². The fourth-order valence-electron chi connectivity index (χ4n) is 2.09. The summed E-state index contributed by atoms with van der Waals surface area (Å²) >= 11 is 1.47. The van der Waals surface area contributed by atoms with E-state index in [2.05, 4.69) is 0 Å². The molecule has 18 heavy (non-hydrogen) atoms. The maximum absolute atomic E-state index is 12.1. The van der Waals surface area contributed by atoms with Gasteiger partial charge in [-0.2, -0.15) is 0 Å². The van der Waals surface area contributed by atoms with Crippen molar-refractivity contribution in [3.63, 3.8) is 0 Å². The maximum atomic E-state index is 12.1. The largest absolute Gasteiger partial charge is 0.339 e. The Hall–Kier alpha value is -1.36. The van der Waals surface area contributed by atoms with Crippen LogP contribution in [0.15, 0.2) is 17.5 Å². The first-order valence-electron chi connectivity index (χ1n) is 6.33. The van der Waals surface area contributed by atoms with E-state index in [1.165, 1.54) is 11.3 Å². The minimum Gasteiger partial charge on any atom is -0.339 e. The number of carbonyl (C=O) groups excluding carboxylic acids is 2. The van der Waals surface area contributed by atoms with Gasteiger partial charge in [-0.05, 0) is 17.9 Å². The number of amides is 2. The summed E-state index contributed by atoms with van der Waals surface area (Å²) < 4.78 is 0. The second-order valence-corrected chi connectivity index (χ2v) is 5.35. The Labute approximate surface area is 111 Å². The predicted molar refractivity (Wildman–Crippen MR) is 71.7 cm³/mol. The second kappa shape index (κ2) is 6.00. The number of nitrogens with zero attached hydrogens (tertiary/aromatic N) is 2. The van der Waals surface area contributed by atoms with Crippen molar-refractivity contribution in [2.24, 2.45) is 0 Å². The molecular weight excluding hydrogens is 248 g/mol. The average molecular weight is 266 g/mol. The molecule has 1 fully saturated rings. The minimum atomic E-state index is 0.0904. The van der Waals surface area contributed by atoms with Gasteiger partial charge in [-0.1, -0.05) is 13.0 Å². The van der Waals surface area contributed by atoms with Gasteiger partial charge in [-0.3, -0.25) is 9.59 Å². The van der Waals surface area contributed by atoms with E-state index < -0.39 is 0 Å². The molecule has 98 valence electrons. The third-order valence-electron chi connectivity index (χ3n) is 3.12. The molecule has 1 aromatic rings. The zero-order valence-electron chi connectivity index (χ0n) is 10.6. The van der Waals surface area contributed by atoms with Gasteiger partial charge in [0.1, 0.15) is 0 Å². The molecule has 0 N–H and O–H groups in total. The van der Waals surface area contributed by atoms with Crippen molar-refractivity contribution in [1.29, 1.82) is 0 Å².